The van der Waals surface area contributed by atoms with Gasteiger partial charge in [0.2, 0.25) is 0 Å². The van der Waals surface area contributed by atoms with Crippen LogP contribution in [0, 0.1) is 22.9 Å². The molecule has 0 amide bonds. The van der Waals surface area contributed by atoms with Gasteiger partial charge in [0, 0.05) is 23.7 Å². The van der Waals surface area contributed by atoms with E-state index in [0.717, 1.165) is 0 Å². The van der Waals surface area contributed by atoms with E-state index in [9.17, 15) is 18.7 Å². The minimum Gasteiger partial charge on any atom is -0.258 e. The maximum Gasteiger partial charge on any atom is 0.270 e. The van der Waals surface area contributed by atoms with Gasteiger partial charge >= 0.3 is 0 Å². The van der Waals surface area contributed by atoms with Crippen LogP contribution in [-0.2, 0) is 11.0 Å². The van der Waals surface area contributed by atoms with Crippen LogP contribution in [0.15, 0.2) is 12.1 Å². The minimum atomic E-state index is -1.39. The number of non-ortho nitro benzene ring substituents is 1. The number of nitrogens with zero attached hydrogens (tertiary/aromatic N) is 1. The molecule has 0 aromatic heterocycles. The van der Waals surface area contributed by atoms with Crippen LogP contribution in [0.1, 0.15) is 44.9 Å². The van der Waals surface area contributed by atoms with Crippen molar-refractivity contribution >= 4 is 16.7 Å². The van der Waals surface area contributed by atoms with E-state index < -0.39 is 32.5 Å². The Kier molecular flexibility index (Phi) is 4.99. The summed E-state index contributed by atoms with van der Waals surface area (Å²) in [6, 6.07) is 1.78. The summed E-state index contributed by atoms with van der Waals surface area (Å²) < 4.78 is 28.4. The molecular formula is C13H19FN2O3S. The Morgan fingerprint density at radius 1 is 1.40 bits per heavy atom. The third kappa shape index (κ3) is 3.83. The van der Waals surface area contributed by atoms with Gasteiger partial charge in [-0.25, -0.2) is 13.3 Å². The Labute approximate surface area is 120 Å². The van der Waals surface area contributed by atoms with Crippen molar-refractivity contribution in [2.24, 2.45) is 0 Å². The zero-order valence-corrected chi connectivity index (χ0v) is 13.0. The number of nitro groups is 1. The van der Waals surface area contributed by atoms with Gasteiger partial charge in [-0.3, -0.25) is 10.1 Å². The van der Waals surface area contributed by atoms with E-state index in [2.05, 4.69) is 4.72 Å². The first kappa shape index (κ1) is 16.7. The van der Waals surface area contributed by atoms with Crippen LogP contribution in [0.25, 0.3) is 0 Å². The summed E-state index contributed by atoms with van der Waals surface area (Å²) in [5, 5.41) is 10.8. The summed E-state index contributed by atoms with van der Waals surface area (Å²) >= 11 is 0. The molecular weight excluding hydrogens is 283 g/mol. The summed E-state index contributed by atoms with van der Waals surface area (Å²) in [5.74, 6) is -0.512. The van der Waals surface area contributed by atoms with E-state index in [0.29, 0.717) is 0 Å². The number of halogens is 1. The summed E-state index contributed by atoms with van der Waals surface area (Å²) in [5.41, 5.74) is 0.174. The monoisotopic (exact) mass is 302 g/mol. The highest BCUT2D eigenvalue weighted by molar-refractivity contribution is 7.84. The standard InChI is InChI=1S/C13H19FN2O3S/c1-8-6-10(16(17)18)7-11(12(8)14)9(2)15-20(19)13(3,4)5/h6-7,9,15H,1-5H3/t9-,20?/m1/s1. The van der Waals surface area contributed by atoms with Crippen molar-refractivity contribution in [3.05, 3.63) is 39.2 Å². The summed E-state index contributed by atoms with van der Waals surface area (Å²) in [7, 11) is -1.39. The summed E-state index contributed by atoms with van der Waals surface area (Å²) in [6.07, 6.45) is 0. The molecule has 0 aliphatic carbocycles. The second kappa shape index (κ2) is 5.97. The van der Waals surface area contributed by atoms with Crippen LogP contribution in [-0.4, -0.2) is 13.9 Å². The zero-order chi connectivity index (χ0) is 15.7. The molecule has 1 N–H and O–H groups in total. The molecule has 0 saturated carbocycles. The normalized spacial score (nSPS) is 14.9. The molecule has 20 heavy (non-hydrogen) atoms. The number of aryl methyl sites for hydroxylation is 1. The molecule has 0 bridgehead atoms. The molecule has 5 nitrogen and oxygen atoms in total. The van der Waals surface area contributed by atoms with Crippen molar-refractivity contribution in [3.63, 3.8) is 0 Å². The highest BCUT2D eigenvalue weighted by Crippen LogP contribution is 2.26. The summed E-state index contributed by atoms with van der Waals surface area (Å²) in [6.45, 7) is 8.47. The number of hydrogen-bond donors (Lipinski definition) is 1. The predicted molar refractivity (Wildman–Crippen MR) is 77.2 cm³/mol. The SMILES string of the molecule is Cc1cc([N+](=O)[O-])cc([C@@H](C)NS(=O)C(C)(C)C)c1F. The van der Waals surface area contributed by atoms with E-state index in [1.165, 1.54) is 19.1 Å². The first-order valence-corrected chi connectivity index (χ1v) is 7.31. The number of nitrogens with one attached hydrogen (secondary N) is 1. The molecule has 0 radical (unpaired) electrons. The minimum absolute atomic E-state index is 0.148. The fourth-order valence-corrected chi connectivity index (χ4v) is 2.40. The third-order valence-corrected chi connectivity index (χ3v) is 4.46. The lowest BCUT2D eigenvalue weighted by Gasteiger charge is -2.22. The van der Waals surface area contributed by atoms with Gasteiger partial charge in [-0.15, -0.1) is 0 Å². The maximum absolute atomic E-state index is 14.1. The lowest BCUT2D eigenvalue weighted by molar-refractivity contribution is -0.385. The highest BCUT2D eigenvalue weighted by atomic mass is 32.2. The fourth-order valence-electron chi connectivity index (χ4n) is 1.60. The molecule has 112 valence electrons. The largest absolute Gasteiger partial charge is 0.270 e. The van der Waals surface area contributed by atoms with Crippen molar-refractivity contribution < 1.29 is 13.5 Å². The fraction of sp³-hybridized carbons (Fsp3) is 0.538. The second-order valence-electron chi connectivity index (χ2n) is 5.64. The Morgan fingerprint density at radius 2 is 1.95 bits per heavy atom. The van der Waals surface area contributed by atoms with Crippen LogP contribution in [0.2, 0.25) is 0 Å². The van der Waals surface area contributed by atoms with E-state index in [1.807, 2.05) is 0 Å². The van der Waals surface area contributed by atoms with Crippen LogP contribution in [0.5, 0.6) is 0 Å². The summed E-state index contributed by atoms with van der Waals surface area (Å²) in [4.78, 5) is 10.3. The van der Waals surface area contributed by atoms with Crippen molar-refractivity contribution in [1.29, 1.82) is 0 Å². The van der Waals surface area contributed by atoms with Gasteiger partial charge in [0.05, 0.1) is 20.7 Å². The van der Waals surface area contributed by atoms with Crippen molar-refractivity contribution in [2.45, 2.75) is 45.4 Å². The second-order valence-corrected chi connectivity index (χ2v) is 7.64. The molecule has 0 saturated heterocycles. The lowest BCUT2D eigenvalue weighted by atomic mass is 10.0. The van der Waals surface area contributed by atoms with Gasteiger partial charge in [0.25, 0.3) is 5.69 Å². The molecule has 1 unspecified atom stereocenters. The average molecular weight is 302 g/mol. The molecule has 7 heteroatoms. The molecule has 0 fully saturated rings. The molecule has 1 rings (SSSR count). The first-order chi connectivity index (χ1) is 9.04. The molecule has 2 atom stereocenters. The molecule has 1 aromatic carbocycles. The number of benzene rings is 1. The Balaban J connectivity index is 3.13. The highest BCUT2D eigenvalue weighted by Gasteiger charge is 2.24. The van der Waals surface area contributed by atoms with Crippen LogP contribution < -0.4 is 4.72 Å². The van der Waals surface area contributed by atoms with Gasteiger partial charge in [-0.1, -0.05) is 0 Å². The van der Waals surface area contributed by atoms with Gasteiger partial charge in [-0.2, -0.15) is 0 Å². The first-order valence-electron chi connectivity index (χ1n) is 6.16. The molecule has 0 heterocycles. The molecule has 1 aromatic rings. The quantitative estimate of drug-likeness (QED) is 0.686. The van der Waals surface area contributed by atoms with Gasteiger partial charge < -0.3 is 0 Å². The lowest BCUT2D eigenvalue weighted by Crippen LogP contribution is -2.35. The molecule has 0 aliphatic heterocycles. The topological polar surface area (TPSA) is 72.2 Å². The van der Waals surface area contributed by atoms with E-state index in [1.54, 1.807) is 27.7 Å². The molecule has 0 aliphatic rings. The van der Waals surface area contributed by atoms with Crippen molar-refractivity contribution in [1.82, 2.24) is 4.72 Å². The van der Waals surface area contributed by atoms with E-state index in [-0.39, 0.29) is 16.8 Å². The predicted octanol–water partition coefficient (Wildman–Crippen LogP) is 3.16. The van der Waals surface area contributed by atoms with Gasteiger partial charge in [-0.05, 0) is 40.2 Å². The Hall–Kier alpha value is -1.34. The third-order valence-electron chi connectivity index (χ3n) is 2.78. The van der Waals surface area contributed by atoms with Gasteiger partial charge in [0.1, 0.15) is 5.82 Å². The van der Waals surface area contributed by atoms with Crippen LogP contribution >= 0.6 is 0 Å². The Morgan fingerprint density at radius 3 is 2.40 bits per heavy atom. The number of hydrogen-bond acceptors (Lipinski definition) is 3. The van der Waals surface area contributed by atoms with Crippen molar-refractivity contribution in [2.75, 3.05) is 0 Å². The Bertz CT molecular complexity index is 555. The van der Waals surface area contributed by atoms with Crippen LogP contribution in [0.3, 0.4) is 0 Å². The zero-order valence-electron chi connectivity index (χ0n) is 12.2. The van der Waals surface area contributed by atoms with E-state index >= 15 is 0 Å². The van der Waals surface area contributed by atoms with Crippen molar-refractivity contribution in [3.8, 4) is 0 Å². The van der Waals surface area contributed by atoms with E-state index in [4.69, 9.17) is 0 Å². The van der Waals surface area contributed by atoms with Gasteiger partial charge in [0.15, 0.2) is 0 Å². The number of nitro benzene ring substituents is 1. The maximum atomic E-state index is 14.1. The average Bonchev–Trinajstić information content (AvgIpc) is 2.30. The molecule has 0 spiro atoms. The van der Waals surface area contributed by atoms with Crippen LogP contribution in [0.4, 0.5) is 10.1 Å². The smallest absolute Gasteiger partial charge is 0.258 e. The number of rotatable bonds is 4.